The molecule has 3 nitrogen and oxygen atoms in total. The number of para-hydroxylation sites is 1. The molecule has 0 amide bonds. The van der Waals surface area contributed by atoms with Crippen molar-refractivity contribution in [3.8, 4) is 11.5 Å². The molecule has 0 aliphatic carbocycles. The molecule has 1 N–H and O–H groups in total. The van der Waals surface area contributed by atoms with Crippen molar-refractivity contribution in [1.29, 1.82) is 0 Å². The summed E-state index contributed by atoms with van der Waals surface area (Å²) in [5.74, 6) is 1.19. The highest BCUT2D eigenvalue weighted by Gasteiger charge is 2.23. The lowest BCUT2D eigenvalue weighted by Crippen LogP contribution is -2.24. The molecule has 1 unspecified atom stereocenters. The van der Waals surface area contributed by atoms with Crippen LogP contribution in [0, 0.1) is 5.82 Å². The Kier molecular flexibility index (Phi) is 2.99. The van der Waals surface area contributed by atoms with Crippen LogP contribution in [0.5, 0.6) is 11.5 Å². The predicted octanol–water partition coefficient (Wildman–Crippen LogP) is 3.38. The lowest BCUT2D eigenvalue weighted by Gasteiger charge is -2.28. The minimum Gasteiger partial charge on any atom is -0.496 e. The van der Waals surface area contributed by atoms with Crippen LogP contribution in [0.1, 0.15) is 11.6 Å². The lowest BCUT2D eigenvalue weighted by molar-refractivity contribution is 0.282. The van der Waals surface area contributed by atoms with Gasteiger partial charge in [-0.1, -0.05) is 18.2 Å². The Labute approximate surface area is 111 Å². The third-order valence-electron chi connectivity index (χ3n) is 3.19. The molecule has 0 spiro atoms. The van der Waals surface area contributed by atoms with E-state index in [4.69, 9.17) is 9.47 Å². The molecule has 1 aliphatic rings. The van der Waals surface area contributed by atoms with Gasteiger partial charge in [0.05, 0.1) is 18.8 Å². The van der Waals surface area contributed by atoms with E-state index in [0.717, 1.165) is 11.3 Å². The maximum Gasteiger partial charge on any atom is 0.142 e. The molecule has 0 aromatic heterocycles. The second kappa shape index (κ2) is 4.80. The molecule has 1 atom stereocenters. The minimum atomic E-state index is -0.282. The number of hydrogen-bond acceptors (Lipinski definition) is 3. The molecule has 2 aromatic rings. The molecule has 4 heteroatoms. The average molecular weight is 259 g/mol. The summed E-state index contributed by atoms with van der Waals surface area (Å²) >= 11 is 0. The summed E-state index contributed by atoms with van der Waals surface area (Å²) in [6, 6.07) is 12.2. The van der Waals surface area contributed by atoms with Crippen molar-refractivity contribution in [3.63, 3.8) is 0 Å². The largest absolute Gasteiger partial charge is 0.496 e. The van der Waals surface area contributed by atoms with Gasteiger partial charge >= 0.3 is 0 Å². The van der Waals surface area contributed by atoms with Crippen LogP contribution >= 0.6 is 0 Å². The highest BCUT2D eigenvalue weighted by Crippen LogP contribution is 2.36. The molecule has 1 heterocycles. The first-order valence-corrected chi connectivity index (χ1v) is 6.10. The smallest absolute Gasteiger partial charge is 0.142 e. The molecule has 0 radical (unpaired) electrons. The lowest BCUT2D eigenvalue weighted by atomic mass is 10.0. The summed E-state index contributed by atoms with van der Waals surface area (Å²) < 4.78 is 24.3. The van der Waals surface area contributed by atoms with Gasteiger partial charge in [-0.2, -0.15) is 0 Å². The SMILES string of the molecule is COc1ccccc1C1COc2ccc(F)cc2N1. The first-order valence-electron chi connectivity index (χ1n) is 6.10. The van der Waals surface area contributed by atoms with Crippen LogP contribution in [0.15, 0.2) is 42.5 Å². The Morgan fingerprint density at radius 2 is 2.11 bits per heavy atom. The Morgan fingerprint density at radius 1 is 1.26 bits per heavy atom. The van der Waals surface area contributed by atoms with Crippen molar-refractivity contribution in [3.05, 3.63) is 53.8 Å². The van der Waals surface area contributed by atoms with Crippen LogP contribution in [-0.2, 0) is 0 Å². The van der Waals surface area contributed by atoms with Gasteiger partial charge in [0, 0.05) is 11.6 Å². The number of halogens is 1. The second-order valence-electron chi connectivity index (χ2n) is 4.39. The van der Waals surface area contributed by atoms with Crippen LogP contribution in [0.3, 0.4) is 0 Å². The van der Waals surface area contributed by atoms with Crippen molar-refractivity contribution >= 4 is 5.69 Å². The van der Waals surface area contributed by atoms with Crippen LogP contribution in [0.4, 0.5) is 10.1 Å². The topological polar surface area (TPSA) is 30.5 Å². The molecular weight excluding hydrogens is 245 g/mol. The Hall–Kier alpha value is -2.23. The summed E-state index contributed by atoms with van der Waals surface area (Å²) in [7, 11) is 1.64. The second-order valence-corrected chi connectivity index (χ2v) is 4.39. The van der Waals surface area contributed by atoms with Gasteiger partial charge in [0.2, 0.25) is 0 Å². The van der Waals surface area contributed by atoms with Crippen LogP contribution < -0.4 is 14.8 Å². The van der Waals surface area contributed by atoms with Gasteiger partial charge in [-0.3, -0.25) is 0 Å². The monoisotopic (exact) mass is 259 g/mol. The van der Waals surface area contributed by atoms with E-state index < -0.39 is 0 Å². The molecule has 2 aromatic carbocycles. The Morgan fingerprint density at radius 3 is 2.95 bits per heavy atom. The van der Waals surface area contributed by atoms with Gasteiger partial charge in [-0.25, -0.2) is 4.39 Å². The molecule has 1 aliphatic heterocycles. The maximum atomic E-state index is 13.2. The van der Waals surface area contributed by atoms with E-state index in [-0.39, 0.29) is 11.9 Å². The van der Waals surface area contributed by atoms with Crippen molar-refractivity contribution in [2.75, 3.05) is 19.0 Å². The zero-order valence-corrected chi connectivity index (χ0v) is 10.5. The fourth-order valence-corrected chi connectivity index (χ4v) is 2.27. The van der Waals surface area contributed by atoms with Gasteiger partial charge in [-0.05, 0) is 18.2 Å². The van der Waals surface area contributed by atoms with E-state index in [9.17, 15) is 4.39 Å². The van der Waals surface area contributed by atoms with Crippen molar-refractivity contribution in [2.45, 2.75) is 6.04 Å². The Bertz CT molecular complexity index is 600. The van der Waals surface area contributed by atoms with Gasteiger partial charge in [0.15, 0.2) is 0 Å². The first kappa shape index (κ1) is 11.8. The summed E-state index contributed by atoms with van der Waals surface area (Å²) in [5, 5.41) is 3.28. The molecule has 3 rings (SSSR count). The quantitative estimate of drug-likeness (QED) is 0.896. The molecular formula is C15H14FNO2. The molecule has 0 fully saturated rings. The third kappa shape index (κ3) is 2.21. The van der Waals surface area contributed by atoms with Crippen LogP contribution in [-0.4, -0.2) is 13.7 Å². The summed E-state index contributed by atoms with van der Waals surface area (Å²) in [4.78, 5) is 0. The van der Waals surface area contributed by atoms with E-state index in [1.807, 2.05) is 24.3 Å². The van der Waals surface area contributed by atoms with Crippen molar-refractivity contribution in [2.24, 2.45) is 0 Å². The fourth-order valence-electron chi connectivity index (χ4n) is 2.27. The number of methoxy groups -OCH3 is 1. The average Bonchev–Trinajstić information content (AvgIpc) is 2.46. The molecule has 0 saturated carbocycles. The molecule has 0 saturated heterocycles. The summed E-state index contributed by atoms with van der Waals surface area (Å²) in [6.07, 6.45) is 0. The van der Waals surface area contributed by atoms with Gasteiger partial charge in [0.25, 0.3) is 0 Å². The van der Waals surface area contributed by atoms with E-state index in [1.54, 1.807) is 13.2 Å². The Balaban J connectivity index is 1.93. The fraction of sp³-hybridized carbons (Fsp3) is 0.200. The number of anilines is 1. The molecule has 0 bridgehead atoms. The van der Waals surface area contributed by atoms with Gasteiger partial charge in [-0.15, -0.1) is 0 Å². The molecule has 98 valence electrons. The zero-order valence-electron chi connectivity index (χ0n) is 10.5. The predicted molar refractivity (Wildman–Crippen MR) is 71.3 cm³/mol. The van der Waals surface area contributed by atoms with Gasteiger partial charge in [0.1, 0.15) is 23.9 Å². The number of fused-ring (bicyclic) bond motifs is 1. The highest BCUT2D eigenvalue weighted by atomic mass is 19.1. The summed E-state index contributed by atoms with van der Waals surface area (Å²) in [6.45, 7) is 0.485. The van der Waals surface area contributed by atoms with Gasteiger partial charge < -0.3 is 14.8 Å². The van der Waals surface area contributed by atoms with E-state index in [1.165, 1.54) is 12.1 Å². The number of nitrogens with one attached hydrogen (secondary N) is 1. The minimum absolute atomic E-state index is 0.0505. The van der Waals surface area contributed by atoms with Crippen molar-refractivity contribution in [1.82, 2.24) is 0 Å². The number of hydrogen-bond donors (Lipinski definition) is 1. The standard InChI is InChI=1S/C15H14FNO2/c1-18-14-5-3-2-4-11(14)13-9-19-15-7-6-10(16)8-12(15)17-13/h2-8,13,17H,9H2,1H3. The normalized spacial score (nSPS) is 17.1. The number of rotatable bonds is 2. The zero-order chi connectivity index (χ0) is 13.2. The third-order valence-corrected chi connectivity index (χ3v) is 3.19. The van der Waals surface area contributed by atoms with E-state index >= 15 is 0 Å². The highest BCUT2D eigenvalue weighted by molar-refractivity contribution is 5.60. The van der Waals surface area contributed by atoms with Crippen LogP contribution in [0.2, 0.25) is 0 Å². The van der Waals surface area contributed by atoms with E-state index in [0.29, 0.717) is 18.0 Å². The molecule has 19 heavy (non-hydrogen) atoms. The number of ether oxygens (including phenoxy) is 2. The first-order chi connectivity index (χ1) is 9.28. The summed E-state index contributed by atoms with van der Waals surface area (Å²) in [5.41, 5.74) is 1.67. The van der Waals surface area contributed by atoms with E-state index in [2.05, 4.69) is 5.32 Å². The van der Waals surface area contributed by atoms with Crippen molar-refractivity contribution < 1.29 is 13.9 Å². The van der Waals surface area contributed by atoms with Crippen LogP contribution in [0.25, 0.3) is 0 Å². The number of benzene rings is 2. The maximum absolute atomic E-state index is 13.2.